The van der Waals surface area contributed by atoms with Crippen molar-refractivity contribution in [3.05, 3.63) is 35.2 Å². The summed E-state index contributed by atoms with van der Waals surface area (Å²) < 4.78 is 28.5. The van der Waals surface area contributed by atoms with Gasteiger partial charge in [-0.1, -0.05) is 5.16 Å². The zero-order chi connectivity index (χ0) is 22.5. The van der Waals surface area contributed by atoms with Gasteiger partial charge in [-0.2, -0.15) is 4.52 Å². The molecule has 0 N–H and O–H groups in total. The second-order valence-corrected chi connectivity index (χ2v) is 6.93. The maximum Gasteiger partial charge on any atom is 0.275 e. The Labute approximate surface area is 183 Å². The fourth-order valence-corrected chi connectivity index (χ4v) is 2.89. The first kappa shape index (κ1) is 21.4. The Hall–Kier alpha value is -3.80. The third-order valence-electron chi connectivity index (χ3n) is 4.56. The molecule has 0 radical (unpaired) electrons. The van der Waals surface area contributed by atoms with Crippen LogP contribution >= 0.6 is 0 Å². The standard InChI is InChI=1S/C20H23N7O5/c1-12-8-18(30-7-5-6-28-3)23-21-15(12)11-31-20-16(29-4)10-17-22-24-19(27(17)25-20)14-9-13(2)32-26-14/h8-10H,5-7,11H2,1-4H3. The molecule has 12 nitrogen and oxygen atoms in total. The quantitative estimate of drug-likeness (QED) is 0.335. The maximum absolute atomic E-state index is 5.91. The van der Waals surface area contributed by atoms with Crippen LogP contribution in [0.4, 0.5) is 0 Å². The van der Waals surface area contributed by atoms with Gasteiger partial charge in [-0.25, -0.2) is 0 Å². The number of aromatic nitrogens is 7. The van der Waals surface area contributed by atoms with Crippen molar-refractivity contribution in [1.29, 1.82) is 0 Å². The van der Waals surface area contributed by atoms with Crippen molar-refractivity contribution >= 4 is 5.65 Å². The minimum atomic E-state index is 0.137. The molecule has 32 heavy (non-hydrogen) atoms. The summed E-state index contributed by atoms with van der Waals surface area (Å²) in [6, 6.07) is 5.25. The van der Waals surface area contributed by atoms with Crippen LogP contribution < -0.4 is 14.2 Å². The van der Waals surface area contributed by atoms with Crippen LogP contribution in [-0.4, -0.2) is 62.6 Å². The molecular formula is C20H23N7O5. The fourth-order valence-electron chi connectivity index (χ4n) is 2.89. The Balaban J connectivity index is 1.52. The van der Waals surface area contributed by atoms with E-state index in [1.54, 1.807) is 26.2 Å². The number of aryl methyl sites for hydroxylation is 2. The smallest absolute Gasteiger partial charge is 0.275 e. The molecule has 0 aliphatic heterocycles. The summed E-state index contributed by atoms with van der Waals surface area (Å²) in [7, 11) is 3.18. The number of methoxy groups -OCH3 is 2. The highest BCUT2D eigenvalue weighted by Crippen LogP contribution is 2.28. The molecule has 0 aliphatic carbocycles. The summed E-state index contributed by atoms with van der Waals surface area (Å²) in [5.74, 6) is 2.20. The fraction of sp³-hybridized carbons (Fsp3) is 0.400. The van der Waals surface area contributed by atoms with Crippen molar-refractivity contribution < 1.29 is 23.5 Å². The van der Waals surface area contributed by atoms with E-state index in [4.69, 9.17) is 23.5 Å². The molecule has 4 rings (SSSR count). The Morgan fingerprint density at radius 1 is 0.969 bits per heavy atom. The number of rotatable bonds is 10. The molecule has 0 fully saturated rings. The molecule has 0 amide bonds. The van der Waals surface area contributed by atoms with Crippen LogP contribution in [0.3, 0.4) is 0 Å². The SMILES string of the molecule is COCCCOc1cc(C)c(COc2nn3c(-c4cc(C)on4)nnc3cc2OC)nn1. The molecule has 0 saturated heterocycles. The van der Waals surface area contributed by atoms with Gasteiger partial charge in [-0.3, -0.25) is 0 Å². The molecule has 168 valence electrons. The van der Waals surface area contributed by atoms with Gasteiger partial charge in [0.25, 0.3) is 5.88 Å². The second-order valence-electron chi connectivity index (χ2n) is 6.93. The lowest BCUT2D eigenvalue weighted by Gasteiger charge is -2.11. The van der Waals surface area contributed by atoms with Crippen molar-refractivity contribution in [3.8, 4) is 29.0 Å². The van der Waals surface area contributed by atoms with Gasteiger partial charge < -0.3 is 23.5 Å². The zero-order valence-electron chi connectivity index (χ0n) is 18.2. The summed E-state index contributed by atoms with van der Waals surface area (Å²) in [6.45, 7) is 4.98. The van der Waals surface area contributed by atoms with E-state index in [-0.39, 0.29) is 12.5 Å². The van der Waals surface area contributed by atoms with Gasteiger partial charge in [0.1, 0.15) is 18.1 Å². The van der Waals surface area contributed by atoms with Gasteiger partial charge in [0.05, 0.1) is 13.7 Å². The minimum absolute atomic E-state index is 0.137. The average Bonchev–Trinajstić information content (AvgIpc) is 3.40. The zero-order valence-corrected chi connectivity index (χ0v) is 18.2. The molecule has 12 heteroatoms. The number of fused-ring (bicyclic) bond motifs is 1. The van der Waals surface area contributed by atoms with Gasteiger partial charge in [0.2, 0.25) is 11.7 Å². The first-order valence-corrected chi connectivity index (χ1v) is 9.91. The predicted molar refractivity (Wildman–Crippen MR) is 111 cm³/mol. The molecule has 4 aromatic rings. The van der Waals surface area contributed by atoms with E-state index in [2.05, 4.69) is 30.7 Å². The van der Waals surface area contributed by atoms with Crippen LogP contribution in [0.15, 0.2) is 22.7 Å². The molecule has 4 aromatic heterocycles. The van der Waals surface area contributed by atoms with Crippen LogP contribution in [0.25, 0.3) is 17.2 Å². The van der Waals surface area contributed by atoms with Crippen LogP contribution in [-0.2, 0) is 11.3 Å². The molecule has 0 aromatic carbocycles. The van der Waals surface area contributed by atoms with E-state index in [9.17, 15) is 0 Å². The minimum Gasteiger partial charge on any atom is -0.491 e. The van der Waals surface area contributed by atoms with Crippen molar-refractivity contribution in [3.63, 3.8) is 0 Å². The van der Waals surface area contributed by atoms with Gasteiger partial charge in [-0.15, -0.1) is 25.5 Å². The molecule has 0 unspecified atom stereocenters. The highest BCUT2D eigenvalue weighted by molar-refractivity contribution is 5.56. The molecule has 4 heterocycles. The largest absolute Gasteiger partial charge is 0.491 e. The van der Waals surface area contributed by atoms with Crippen LogP contribution in [0.2, 0.25) is 0 Å². The molecular weight excluding hydrogens is 418 g/mol. The monoisotopic (exact) mass is 441 g/mol. The summed E-state index contributed by atoms with van der Waals surface area (Å²) in [5, 5.41) is 25.1. The lowest BCUT2D eigenvalue weighted by Crippen LogP contribution is -2.08. The Kier molecular flexibility index (Phi) is 6.40. The van der Waals surface area contributed by atoms with Crippen LogP contribution in [0.5, 0.6) is 17.5 Å². The van der Waals surface area contributed by atoms with Crippen molar-refractivity contribution in [2.75, 3.05) is 27.4 Å². The number of nitrogens with zero attached hydrogens (tertiary/aromatic N) is 7. The molecule has 0 atom stereocenters. The number of hydrogen-bond acceptors (Lipinski definition) is 11. The maximum atomic E-state index is 5.91. The molecule has 0 bridgehead atoms. The molecule has 0 spiro atoms. The summed E-state index contributed by atoms with van der Waals surface area (Å²) in [4.78, 5) is 0. The van der Waals surface area contributed by atoms with E-state index in [1.165, 1.54) is 11.6 Å². The van der Waals surface area contributed by atoms with E-state index in [0.717, 1.165) is 12.0 Å². The number of ether oxygens (including phenoxy) is 4. The van der Waals surface area contributed by atoms with E-state index in [0.29, 0.717) is 53.5 Å². The molecule has 0 saturated carbocycles. The Morgan fingerprint density at radius 3 is 2.56 bits per heavy atom. The first-order valence-electron chi connectivity index (χ1n) is 9.91. The summed E-state index contributed by atoms with van der Waals surface area (Å²) >= 11 is 0. The highest BCUT2D eigenvalue weighted by atomic mass is 16.5. The Morgan fingerprint density at radius 2 is 1.84 bits per heavy atom. The normalized spacial score (nSPS) is 11.1. The summed E-state index contributed by atoms with van der Waals surface area (Å²) in [5.41, 5.74) is 2.52. The first-order chi connectivity index (χ1) is 15.6. The lowest BCUT2D eigenvalue weighted by atomic mass is 10.2. The van der Waals surface area contributed by atoms with Crippen LogP contribution in [0.1, 0.15) is 23.4 Å². The highest BCUT2D eigenvalue weighted by Gasteiger charge is 2.18. The van der Waals surface area contributed by atoms with Gasteiger partial charge in [0.15, 0.2) is 17.1 Å². The van der Waals surface area contributed by atoms with E-state index in [1.807, 2.05) is 13.0 Å². The van der Waals surface area contributed by atoms with Crippen molar-refractivity contribution in [1.82, 2.24) is 35.2 Å². The second kappa shape index (κ2) is 9.56. The third kappa shape index (κ3) is 4.59. The predicted octanol–water partition coefficient (Wildman–Crippen LogP) is 2.19. The number of hydrogen-bond donors (Lipinski definition) is 0. The van der Waals surface area contributed by atoms with Crippen molar-refractivity contribution in [2.45, 2.75) is 26.9 Å². The average molecular weight is 441 g/mol. The van der Waals surface area contributed by atoms with E-state index >= 15 is 0 Å². The van der Waals surface area contributed by atoms with Crippen LogP contribution in [0, 0.1) is 13.8 Å². The van der Waals surface area contributed by atoms with Crippen molar-refractivity contribution in [2.24, 2.45) is 0 Å². The third-order valence-corrected chi connectivity index (χ3v) is 4.56. The van der Waals surface area contributed by atoms with Gasteiger partial charge in [-0.05, 0) is 19.4 Å². The molecule has 0 aliphatic rings. The Bertz CT molecular complexity index is 1210. The summed E-state index contributed by atoms with van der Waals surface area (Å²) in [6.07, 6.45) is 0.773. The van der Waals surface area contributed by atoms with Gasteiger partial charge in [0, 0.05) is 38.3 Å². The van der Waals surface area contributed by atoms with E-state index < -0.39 is 0 Å². The van der Waals surface area contributed by atoms with Gasteiger partial charge >= 0.3 is 0 Å². The lowest BCUT2D eigenvalue weighted by molar-refractivity contribution is 0.170. The topological polar surface area (TPSA) is 132 Å².